The van der Waals surface area contributed by atoms with E-state index in [0.717, 1.165) is 5.82 Å². The molecule has 0 saturated carbocycles. The topological polar surface area (TPSA) is 87.5 Å². The van der Waals surface area contributed by atoms with Crippen LogP contribution < -0.4 is 15.5 Å². The lowest BCUT2D eigenvalue weighted by Crippen LogP contribution is -2.32. The number of hydrogen-bond donors (Lipinski definition) is 2. The van der Waals surface area contributed by atoms with Crippen molar-refractivity contribution in [3.63, 3.8) is 0 Å². The predicted molar refractivity (Wildman–Crippen MR) is 78.2 cm³/mol. The molecule has 0 unspecified atom stereocenters. The van der Waals surface area contributed by atoms with E-state index in [1.807, 2.05) is 19.0 Å². The first-order valence-corrected chi connectivity index (χ1v) is 6.30. The minimum Gasteiger partial charge on any atom is -0.472 e. The molecule has 2 rings (SSSR count). The van der Waals surface area contributed by atoms with Gasteiger partial charge < -0.3 is 20.0 Å². The number of carbonyl (C=O) groups is 2. The summed E-state index contributed by atoms with van der Waals surface area (Å²) in [6, 6.07) is 5.06. The Morgan fingerprint density at radius 1 is 1.29 bits per heavy atom. The van der Waals surface area contributed by atoms with E-state index in [9.17, 15) is 9.59 Å². The summed E-state index contributed by atoms with van der Waals surface area (Å²) >= 11 is 0. The van der Waals surface area contributed by atoms with Gasteiger partial charge in [0.25, 0.3) is 5.91 Å². The summed E-state index contributed by atoms with van der Waals surface area (Å²) < 4.78 is 4.79. The number of nitrogens with zero attached hydrogens (tertiary/aromatic N) is 2. The van der Waals surface area contributed by atoms with Crippen LogP contribution in [0.15, 0.2) is 41.3 Å². The molecule has 0 spiro atoms. The van der Waals surface area contributed by atoms with Crippen LogP contribution in [0.3, 0.4) is 0 Å². The van der Waals surface area contributed by atoms with Crippen molar-refractivity contribution in [3.8, 4) is 0 Å². The number of furan rings is 1. The standard InChI is InChI=1S/C14H16N4O3/c1-18(2)12-4-3-11(7-15-12)17-13(19)8-16-14(20)10-5-6-21-9-10/h3-7,9H,8H2,1-2H3,(H,16,20)(H,17,19). The number of anilines is 2. The number of pyridine rings is 1. The maximum absolute atomic E-state index is 11.7. The highest BCUT2D eigenvalue weighted by molar-refractivity contribution is 5.99. The molecule has 2 aromatic heterocycles. The second-order valence-electron chi connectivity index (χ2n) is 4.54. The third-order valence-electron chi connectivity index (χ3n) is 2.68. The van der Waals surface area contributed by atoms with Crippen molar-refractivity contribution in [2.45, 2.75) is 0 Å². The van der Waals surface area contributed by atoms with E-state index in [1.54, 1.807) is 18.3 Å². The fraction of sp³-hybridized carbons (Fsp3) is 0.214. The number of rotatable bonds is 5. The van der Waals surface area contributed by atoms with Crippen LogP contribution in [0.25, 0.3) is 0 Å². The molecule has 21 heavy (non-hydrogen) atoms. The minimum atomic E-state index is -0.361. The predicted octanol–water partition coefficient (Wildman–Crippen LogP) is 1.11. The van der Waals surface area contributed by atoms with Crippen LogP contribution in [0.5, 0.6) is 0 Å². The van der Waals surface area contributed by atoms with Gasteiger partial charge >= 0.3 is 0 Å². The molecule has 2 amide bonds. The van der Waals surface area contributed by atoms with Gasteiger partial charge in [-0.05, 0) is 18.2 Å². The molecule has 2 aromatic rings. The highest BCUT2D eigenvalue weighted by atomic mass is 16.3. The van der Waals surface area contributed by atoms with E-state index in [-0.39, 0.29) is 18.4 Å². The summed E-state index contributed by atoms with van der Waals surface area (Å²) in [6.07, 6.45) is 4.27. The number of amides is 2. The van der Waals surface area contributed by atoms with Crippen molar-refractivity contribution in [2.75, 3.05) is 30.9 Å². The molecule has 2 N–H and O–H groups in total. The van der Waals surface area contributed by atoms with Crippen LogP contribution in [-0.2, 0) is 4.79 Å². The highest BCUT2D eigenvalue weighted by Gasteiger charge is 2.09. The SMILES string of the molecule is CN(C)c1ccc(NC(=O)CNC(=O)c2ccoc2)cn1. The second-order valence-corrected chi connectivity index (χ2v) is 4.54. The van der Waals surface area contributed by atoms with Gasteiger partial charge in [-0.1, -0.05) is 0 Å². The van der Waals surface area contributed by atoms with Crippen LogP contribution in [0.2, 0.25) is 0 Å². The molecule has 0 radical (unpaired) electrons. The van der Waals surface area contributed by atoms with Gasteiger partial charge in [0.15, 0.2) is 0 Å². The number of carbonyl (C=O) groups excluding carboxylic acids is 2. The van der Waals surface area contributed by atoms with Gasteiger partial charge in [-0.25, -0.2) is 4.98 Å². The zero-order chi connectivity index (χ0) is 15.2. The summed E-state index contributed by atoms with van der Waals surface area (Å²) in [5.74, 6) is 0.104. The Balaban J connectivity index is 1.83. The lowest BCUT2D eigenvalue weighted by molar-refractivity contribution is -0.115. The average Bonchev–Trinajstić information content (AvgIpc) is 2.99. The van der Waals surface area contributed by atoms with Crippen LogP contribution in [0, 0.1) is 0 Å². The summed E-state index contributed by atoms with van der Waals surface area (Å²) in [5, 5.41) is 5.15. The molecule has 7 heteroatoms. The fourth-order valence-corrected chi connectivity index (χ4v) is 1.59. The zero-order valence-electron chi connectivity index (χ0n) is 11.8. The Labute approximate surface area is 122 Å². The molecular weight excluding hydrogens is 272 g/mol. The van der Waals surface area contributed by atoms with E-state index >= 15 is 0 Å². The van der Waals surface area contributed by atoms with E-state index in [2.05, 4.69) is 15.6 Å². The third kappa shape index (κ3) is 4.07. The van der Waals surface area contributed by atoms with E-state index in [1.165, 1.54) is 18.6 Å². The number of hydrogen-bond acceptors (Lipinski definition) is 5. The molecule has 0 aromatic carbocycles. The third-order valence-corrected chi connectivity index (χ3v) is 2.68. The van der Waals surface area contributed by atoms with Gasteiger partial charge in [0.2, 0.25) is 5.91 Å². The Morgan fingerprint density at radius 3 is 2.67 bits per heavy atom. The Morgan fingerprint density at radius 2 is 2.10 bits per heavy atom. The maximum Gasteiger partial charge on any atom is 0.254 e. The average molecular weight is 288 g/mol. The molecule has 0 fully saturated rings. The van der Waals surface area contributed by atoms with Gasteiger partial charge in [0.05, 0.1) is 30.3 Å². The highest BCUT2D eigenvalue weighted by Crippen LogP contribution is 2.11. The lowest BCUT2D eigenvalue weighted by Gasteiger charge is -2.11. The van der Waals surface area contributed by atoms with Gasteiger partial charge in [0, 0.05) is 14.1 Å². The molecule has 0 aliphatic heterocycles. The number of aromatic nitrogens is 1. The molecule has 0 atom stereocenters. The van der Waals surface area contributed by atoms with Crippen molar-refractivity contribution < 1.29 is 14.0 Å². The molecule has 0 aliphatic carbocycles. The molecule has 0 saturated heterocycles. The van der Waals surface area contributed by atoms with Gasteiger partial charge in [-0.15, -0.1) is 0 Å². The fourth-order valence-electron chi connectivity index (χ4n) is 1.59. The van der Waals surface area contributed by atoms with Gasteiger partial charge in [0.1, 0.15) is 12.1 Å². The quantitative estimate of drug-likeness (QED) is 0.860. The first-order chi connectivity index (χ1) is 10.1. The summed E-state index contributed by atoms with van der Waals surface area (Å²) in [6.45, 7) is -0.126. The Kier molecular flexibility index (Phi) is 4.55. The number of nitrogens with one attached hydrogen (secondary N) is 2. The molecule has 2 heterocycles. The largest absolute Gasteiger partial charge is 0.472 e. The Bertz CT molecular complexity index is 606. The summed E-state index contributed by atoms with van der Waals surface area (Å²) in [4.78, 5) is 29.4. The second kappa shape index (κ2) is 6.56. The van der Waals surface area contributed by atoms with Crippen LogP contribution >= 0.6 is 0 Å². The van der Waals surface area contributed by atoms with Gasteiger partial charge in [-0.2, -0.15) is 0 Å². The van der Waals surface area contributed by atoms with Gasteiger partial charge in [-0.3, -0.25) is 9.59 Å². The first kappa shape index (κ1) is 14.6. The molecule has 0 aliphatic rings. The van der Waals surface area contributed by atoms with Crippen LogP contribution in [0.4, 0.5) is 11.5 Å². The Hall–Kier alpha value is -2.83. The van der Waals surface area contributed by atoms with E-state index in [4.69, 9.17) is 4.42 Å². The van der Waals surface area contributed by atoms with Crippen molar-refractivity contribution in [2.24, 2.45) is 0 Å². The van der Waals surface area contributed by atoms with E-state index < -0.39 is 0 Å². The molecule has 0 bridgehead atoms. The molecular formula is C14H16N4O3. The van der Waals surface area contributed by atoms with Crippen molar-refractivity contribution in [1.82, 2.24) is 10.3 Å². The first-order valence-electron chi connectivity index (χ1n) is 6.30. The molecule has 110 valence electrons. The van der Waals surface area contributed by atoms with Crippen LogP contribution in [-0.4, -0.2) is 37.4 Å². The van der Waals surface area contributed by atoms with Crippen molar-refractivity contribution in [1.29, 1.82) is 0 Å². The normalized spacial score (nSPS) is 10.0. The van der Waals surface area contributed by atoms with Crippen molar-refractivity contribution in [3.05, 3.63) is 42.5 Å². The maximum atomic E-state index is 11.7. The zero-order valence-corrected chi connectivity index (χ0v) is 11.8. The smallest absolute Gasteiger partial charge is 0.254 e. The van der Waals surface area contributed by atoms with Crippen LogP contribution in [0.1, 0.15) is 10.4 Å². The monoisotopic (exact) mass is 288 g/mol. The van der Waals surface area contributed by atoms with Crippen molar-refractivity contribution >= 4 is 23.3 Å². The minimum absolute atomic E-state index is 0.126. The van der Waals surface area contributed by atoms with E-state index in [0.29, 0.717) is 11.3 Å². The summed E-state index contributed by atoms with van der Waals surface area (Å²) in [7, 11) is 3.76. The summed E-state index contributed by atoms with van der Waals surface area (Å²) in [5.41, 5.74) is 0.947. The molecule has 7 nitrogen and oxygen atoms in total. The lowest BCUT2D eigenvalue weighted by atomic mass is 10.3.